The number of rotatable bonds is 18. The van der Waals surface area contributed by atoms with Crippen molar-refractivity contribution < 1.29 is 0 Å². The molecule has 0 fully saturated rings. The number of aryl methyl sites for hydroxylation is 1. The molecule has 0 spiro atoms. The maximum Gasteiger partial charge on any atom is 0.110 e. The van der Waals surface area contributed by atoms with Gasteiger partial charge in [-0.3, -0.25) is 0 Å². The van der Waals surface area contributed by atoms with Gasteiger partial charge < -0.3 is 11.1 Å². The van der Waals surface area contributed by atoms with Crippen molar-refractivity contribution in [2.45, 2.75) is 117 Å². The van der Waals surface area contributed by atoms with Crippen molar-refractivity contribution >= 4 is 0 Å². The highest BCUT2D eigenvalue weighted by Gasteiger charge is 2.02. The first-order valence-electron chi connectivity index (χ1n) is 12.8. The van der Waals surface area contributed by atoms with E-state index in [1.807, 2.05) is 6.20 Å². The molecular formula is C28H49N3. The van der Waals surface area contributed by atoms with Crippen LogP contribution in [0.25, 0.3) is 0 Å². The van der Waals surface area contributed by atoms with E-state index in [1.54, 1.807) is 0 Å². The third-order valence-corrected chi connectivity index (χ3v) is 6.12. The summed E-state index contributed by atoms with van der Waals surface area (Å²) in [4.78, 5) is 8.05. The minimum atomic E-state index is 0. The molecule has 2 rings (SSSR count). The summed E-state index contributed by atoms with van der Waals surface area (Å²) in [5.74, 6) is 1.97. The van der Waals surface area contributed by atoms with E-state index in [2.05, 4.69) is 54.1 Å². The average molecular weight is 428 g/mol. The van der Waals surface area contributed by atoms with Gasteiger partial charge in [0, 0.05) is 18.3 Å². The molecule has 0 aliphatic heterocycles. The van der Waals surface area contributed by atoms with Gasteiger partial charge in [0.05, 0.1) is 0 Å². The summed E-state index contributed by atoms with van der Waals surface area (Å²) >= 11 is 0. The molecule has 0 saturated carbocycles. The zero-order chi connectivity index (χ0) is 21.3. The predicted molar refractivity (Wildman–Crippen MR) is 136 cm³/mol. The Morgan fingerprint density at radius 3 is 1.77 bits per heavy atom. The lowest BCUT2D eigenvalue weighted by atomic mass is 10.0. The highest BCUT2D eigenvalue weighted by Crippen LogP contribution is 2.15. The van der Waals surface area contributed by atoms with Crippen LogP contribution in [0.2, 0.25) is 0 Å². The molecule has 0 atom stereocenters. The Hall–Kier alpha value is -1.61. The van der Waals surface area contributed by atoms with Crippen molar-refractivity contribution in [3.63, 3.8) is 0 Å². The van der Waals surface area contributed by atoms with Crippen LogP contribution in [0.3, 0.4) is 0 Å². The lowest BCUT2D eigenvalue weighted by molar-refractivity contribution is 0.502. The van der Waals surface area contributed by atoms with Crippen molar-refractivity contribution in [2.24, 2.45) is 5.92 Å². The number of imidazole rings is 1. The molecule has 1 aromatic carbocycles. The van der Waals surface area contributed by atoms with E-state index in [4.69, 9.17) is 0 Å². The van der Waals surface area contributed by atoms with Crippen molar-refractivity contribution in [3.8, 4) is 0 Å². The van der Waals surface area contributed by atoms with E-state index in [0.29, 0.717) is 0 Å². The first kappa shape index (κ1) is 27.4. The fourth-order valence-electron chi connectivity index (χ4n) is 4.22. The minimum Gasteiger partial charge on any atom is -0.346 e. The van der Waals surface area contributed by atoms with Crippen molar-refractivity contribution in [3.05, 3.63) is 53.6 Å². The van der Waals surface area contributed by atoms with Crippen LogP contribution in [-0.2, 0) is 12.8 Å². The summed E-state index contributed by atoms with van der Waals surface area (Å²) in [6.45, 7) is 4.67. The molecule has 2 aromatic rings. The number of aromatic nitrogens is 2. The molecule has 0 aliphatic rings. The van der Waals surface area contributed by atoms with E-state index in [1.165, 1.54) is 101 Å². The van der Waals surface area contributed by atoms with E-state index >= 15 is 0 Å². The van der Waals surface area contributed by atoms with Gasteiger partial charge in [0.15, 0.2) is 0 Å². The molecule has 0 radical (unpaired) electrons. The van der Waals surface area contributed by atoms with Crippen molar-refractivity contribution in [1.82, 2.24) is 16.1 Å². The normalized spacial score (nSPS) is 11.1. The summed E-state index contributed by atoms with van der Waals surface area (Å²) in [7, 11) is 0. The van der Waals surface area contributed by atoms with Crippen LogP contribution in [0.4, 0.5) is 0 Å². The number of hydrogen-bond donors (Lipinski definition) is 2. The van der Waals surface area contributed by atoms with E-state index < -0.39 is 0 Å². The Kier molecular flexibility index (Phi) is 15.9. The Morgan fingerprint density at radius 2 is 1.23 bits per heavy atom. The summed E-state index contributed by atoms with van der Waals surface area (Å²) in [6.07, 6.45) is 23.9. The lowest BCUT2D eigenvalue weighted by Gasteiger charge is -2.05. The Bertz CT molecular complexity index is 633. The highest BCUT2D eigenvalue weighted by molar-refractivity contribution is 5.19. The number of hydrogen-bond acceptors (Lipinski definition) is 2. The smallest absolute Gasteiger partial charge is 0.110 e. The predicted octanol–water partition coefficient (Wildman–Crippen LogP) is 8.82. The van der Waals surface area contributed by atoms with Crippen LogP contribution in [0.1, 0.15) is 121 Å². The molecule has 0 aliphatic carbocycles. The van der Waals surface area contributed by atoms with Crippen LogP contribution in [-0.4, -0.2) is 9.97 Å². The Morgan fingerprint density at radius 1 is 0.710 bits per heavy atom. The lowest BCUT2D eigenvalue weighted by Crippen LogP contribution is -1.91. The van der Waals surface area contributed by atoms with Gasteiger partial charge in [-0.1, -0.05) is 128 Å². The molecule has 0 saturated heterocycles. The number of nitrogens with zero attached hydrogens (tertiary/aromatic N) is 1. The van der Waals surface area contributed by atoms with Crippen LogP contribution < -0.4 is 6.15 Å². The number of nitrogens with one attached hydrogen (secondary N) is 1. The zero-order valence-electron chi connectivity index (χ0n) is 20.5. The van der Waals surface area contributed by atoms with Gasteiger partial charge >= 0.3 is 0 Å². The van der Waals surface area contributed by atoms with Gasteiger partial charge in [0.25, 0.3) is 0 Å². The molecule has 0 unspecified atom stereocenters. The molecule has 4 N–H and O–H groups in total. The fraction of sp³-hybridized carbons (Fsp3) is 0.679. The third kappa shape index (κ3) is 14.1. The van der Waals surface area contributed by atoms with E-state index in [0.717, 1.165) is 24.6 Å². The Balaban J connectivity index is 0.00000480. The molecule has 1 heterocycles. The summed E-state index contributed by atoms with van der Waals surface area (Å²) in [5.41, 5.74) is 2.62. The molecule has 1 aromatic heterocycles. The van der Waals surface area contributed by atoms with Gasteiger partial charge in [-0.15, -0.1) is 0 Å². The van der Waals surface area contributed by atoms with Gasteiger partial charge in [0.2, 0.25) is 0 Å². The summed E-state index contributed by atoms with van der Waals surface area (Å²) in [6, 6.07) is 10.6. The molecule has 3 nitrogen and oxygen atoms in total. The monoisotopic (exact) mass is 427 g/mol. The SMILES string of the molecule is CC(C)CCCCCCCCCCCCCCCc1cnc(Cc2ccccc2)[nH]1.N. The van der Waals surface area contributed by atoms with Crippen LogP contribution >= 0.6 is 0 Å². The van der Waals surface area contributed by atoms with Gasteiger partial charge in [-0.2, -0.15) is 0 Å². The molecule has 31 heavy (non-hydrogen) atoms. The standard InChI is InChI=1S/C28H46N2.H3N/c1-25(2)19-15-12-10-8-6-4-3-5-7-9-11-13-18-22-27-24-29-28(30-27)23-26-20-16-14-17-21-26;/h14,16-17,20-21,24-25H,3-13,15,18-19,22-23H2,1-2H3,(H,29,30);1H3. The van der Waals surface area contributed by atoms with E-state index in [-0.39, 0.29) is 6.15 Å². The maximum absolute atomic E-state index is 4.55. The zero-order valence-corrected chi connectivity index (χ0v) is 20.5. The second-order valence-corrected chi connectivity index (χ2v) is 9.55. The van der Waals surface area contributed by atoms with Gasteiger partial charge in [-0.05, 0) is 24.3 Å². The fourth-order valence-corrected chi connectivity index (χ4v) is 4.22. The molecular weight excluding hydrogens is 378 g/mol. The van der Waals surface area contributed by atoms with Gasteiger partial charge in [-0.25, -0.2) is 4.98 Å². The van der Waals surface area contributed by atoms with Crippen LogP contribution in [0.15, 0.2) is 36.5 Å². The summed E-state index contributed by atoms with van der Waals surface area (Å²) in [5, 5.41) is 0. The van der Waals surface area contributed by atoms with Crippen LogP contribution in [0, 0.1) is 5.92 Å². The van der Waals surface area contributed by atoms with Crippen molar-refractivity contribution in [1.29, 1.82) is 0 Å². The van der Waals surface area contributed by atoms with Crippen LogP contribution in [0.5, 0.6) is 0 Å². The van der Waals surface area contributed by atoms with Gasteiger partial charge in [0.1, 0.15) is 5.82 Å². The molecule has 0 bridgehead atoms. The highest BCUT2D eigenvalue weighted by atomic mass is 14.9. The average Bonchev–Trinajstić information content (AvgIpc) is 3.18. The quantitative estimate of drug-likeness (QED) is 0.233. The molecule has 0 amide bonds. The number of aromatic amines is 1. The first-order chi connectivity index (χ1) is 14.7. The third-order valence-electron chi connectivity index (χ3n) is 6.12. The number of benzene rings is 1. The molecule has 3 heteroatoms. The number of unbranched alkanes of at least 4 members (excludes halogenated alkanes) is 12. The minimum absolute atomic E-state index is 0. The summed E-state index contributed by atoms with van der Waals surface area (Å²) < 4.78 is 0. The maximum atomic E-state index is 4.55. The molecule has 176 valence electrons. The number of H-pyrrole nitrogens is 1. The van der Waals surface area contributed by atoms with Crippen molar-refractivity contribution in [2.75, 3.05) is 0 Å². The second kappa shape index (κ2) is 18.0. The second-order valence-electron chi connectivity index (χ2n) is 9.55. The van der Waals surface area contributed by atoms with E-state index in [9.17, 15) is 0 Å². The first-order valence-corrected chi connectivity index (χ1v) is 12.8. The Labute approximate surface area is 192 Å². The topological polar surface area (TPSA) is 63.7 Å². The largest absolute Gasteiger partial charge is 0.346 e.